The van der Waals surface area contributed by atoms with Crippen molar-refractivity contribution in [2.45, 2.75) is 25.9 Å². The van der Waals surface area contributed by atoms with Crippen LogP contribution in [0, 0.1) is 6.92 Å². The van der Waals surface area contributed by atoms with E-state index in [-0.39, 0.29) is 0 Å². The number of pyridine rings is 1. The Morgan fingerprint density at radius 1 is 1.22 bits per heavy atom. The van der Waals surface area contributed by atoms with Gasteiger partial charge in [0.1, 0.15) is 11.9 Å². The van der Waals surface area contributed by atoms with Crippen LogP contribution in [0.3, 0.4) is 0 Å². The lowest BCUT2D eigenvalue weighted by Crippen LogP contribution is -2.34. The number of rotatable bonds is 2. The number of fused-ring (bicyclic) bond motifs is 1. The summed E-state index contributed by atoms with van der Waals surface area (Å²) in [5.74, 6) is 1.01. The third kappa shape index (κ3) is 2.18. The number of hydrogen-bond donors (Lipinski definition) is 1. The molecule has 0 aliphatic carbocycles. The Labute approximate surface area is 107 Å². The average molecular weight is 242 g/mol. The highest BCUT2D eigenvalue weighted by atomic mass is 16.5. The molecule has 3 rings (SSSR count). The van der Waals surface area contributed by atoms with Crippen LogP contribution in [0.5, 0.6) is 5.75 Å². The Morgan fingerprint density at radius 3 is 2.89 bits per heavy atom. The molecule has 3 heteroatoms. The predicted molar refractivity (Wildman–Crippen MR) is 73.0 cm³/mol. The summed E-state index contributed by atoms with van der Waals surface area (Å²) in [6, 6.07) is 6.22. The first-order valence-electron chi connectivity index (χ1n) is 6.55. The molecule has 1 aromatic carbocycles. The first kappa shape index (κ1) is 11.5. The summed E-state index contributed by atoms with van der Waals surface area (Å²) in [6.07, 6.45) is 6.27. The van der Waals surface area contributed by atoms with E-state index in [2.05, 4.69) is 35.4 Å². The number of benzene rings is 1. The largest absolute Gasteiger partial charge is 0.490 e. The van der Waals surface area contributed by atoms with Crippen molar-refractivity contribution in [3.05, 3.63) is 36.2 Å². The van der Waals surface area contributed by atoms with Gasteiger partial charge in [-0.05, 0) is 62.0 Å². The summed E-state index contributed by atoms with van der Waals surface area (Å²) >= 11 is 0. The molecular weight excluding hydrogens is 224 g/mol. The van der Waals surface area contributed by atoms with Crippen LogP contribution >= 0.6 is 0 Å². The lowest BCUT2D eigenvalue weighted by molar-refractivity contribution is 0.161. The molecule has 0 spiro atoms. The Balaban J connectivity index is 1.89. The first-order valence-corrected chi connectivity index (χ1v) is 6.55. The molecule has 3 nitrogen and oxygen atoms in total. The van der Waals surface area contributed by atoms with E-state index < -0.39 is 0 Å². The van der Waals surface area contributed by atoms with Gasteiger partial charge in [-0.3, -0.25) is 4.98 Å². The van der Waals surface area contributed by atoms with E-state index in [0.29, 0.717) is 6.10 Å². The maximum Gasteiger partial charge on any atom is 0.123 e. The molecule has 0 atom stereocenters. The normalized spacial score (nSPS) is 16.9. The van der Waals surface area contributed by atoms with Crippen LogP contribution in [0.1, 0.15) is 18.4 Å². The second kappa shape index (κ2) is 4.94. The maximum atomic E-state index is 6.13. The second-order valence-electron chi connectivity index (χ2n) is 4.85. The van der Waals surface area contributed by atoms with Gasteiger partial charge in [0.05, 0.1) is 0 Å². The Bertz CT molecular complexity index is 547. The highest BCUT2D eigenvalue weighted by Gasteiger charge is 2.15. The summed E-state index contributed by atoms with van der Waals surface area (Å²) in [5.41, 5.74) is 1.22. The smallest absolute Gasteiger partial charge is 0.123 e. The number of piperidine rings is 1. The molecule has 0 bridgehead atoms. The summed E-state index contributed by atoms with van der Waals surface area (Å²) in [6.45, 7) is 4.24. The molecule has 94 valence electrons. The van der Waals surface area contributed by atoms with Crippen LogP contribution in [0.25, 0.3) is 10.8 Å². The van der Waals surface area contributed by atoms with Gasteiger partial charge in [-0.1, -0.05) is 0 Å². The zero-order chi connectivity index (χ0) is 12.4. The van der Waals surface area contributed by atoms with Crippen LogP contribution in [0.4, 0.5) is 0 Å². The lowest BCUT2D eigenvalue weighted by Gasteiger charge is -2.25. The molecule has 0 amide bonds. The van der Waals surface area contributed by atoms with Crippen molar-refractivity contribution in [2.24, 2.45) is 0 Å². The molecule has 1 aliphatic heterocycles. The second-order valence-corrected chi connectivity index (χ2v) is 4.85. The summed E-state index contributed by atoms with van der Waals surface area (Å²) in [7, 11) is 0. The molecule has 1 aliphatic rings. The average Bonchev–Trinajstić information content (AvgIpc) is 2.43. The molecule has 18 heavy (non-hydrogen) atoms. The van der Waals surface area contributed by atoms with Gasteiger partial charge in [0.15, 0.2) is 0 Å². The van der Waals surface area contributed by atoms with Gasteiger partial charge >= 0.3 is 0 Å². The molecule has 0 saturated carbocycles. The van der Waals surface area contributed by atoms with Gasteiger partial charge in [-0.25, -0.2) is 0 Å². The molecular formula is C15H18N2O. The Morgan fingerprint density at radius 2 is 2.06 bits per heavy atom. The predicted octanol–water partition coefficient (Wildman–Crippen LogP) is 2.67. The van der Waals surface area contributed by atoms with Crippen LogP contribution in [0.2, 0.25) is 0 Å². The van der Waals surface area contributed by atoms with Crippen molar-refractivity contribution in [1.82, 2.24) is 10.3 Å². The van der Waals surface area contributed by atoms with E-state index in [1.54, 1.807) is 0 Å². The number of nitrogens with zero attached hydrogens (tertiary/aromatic N) is 1. The lowest BCUT2D eigenvalue weighted by atomic mass is 10.1. The minimum absolute atomic E-state index is 0.351. The fourth-order valence-corrected chi connectivity index (χ4v) is 2.52. The molecule has 0 radical (unpaired) electrons. The van der Waals surface area contributed by atoms with Gasteiger partial charge in [-0.15, -0.1) is 0 Å². The molecule has 1 saturated heterocycles. The number of aryl methyl sites for hydroxylation is 1. The van der Waals surface area contributed by atoms with Crippen molar-refractivity contribution in [3.8, 4) is 5.75 Å². The van der Waals surface area contributed by atoms with Crippen LogP contribution in [-0.2, 0) is 0 Å². The number of hydrogen-bond acceptors (Lipinski definition) is 3. The zero-order valence-electron chi connectivity index (χ0n) is 10.6. The van der Waals surface area contributed by atoms with Gasteiger partial charge in [0, 0.05) is 17.8 Å². The zero-order valence-corrected chi connectivity index (χ0v) is 10.6. The van der Waals surface area contributed by atoms with Crippen molar-refractivity contribution >= 4 is 10.8 Å². The fraction of sp³-hybridized carbons (Fsp3) is 0.400. The van der Waals surface area contributed by atoms with Crippen LogP contribution in [-0.4, -0.2) is 24.2 Å². The molecule has 0 unspecified atom stereocenters. The van der Waals surface area contributed by atoms with E-state index in [0.717, 1.165) is 31.7 Å². The Kier molecular flexibility index (Phi) is 3.15. The monoisotopic (exact) mass is 242 g/mol. The van der Waals surface area contributed by atoms with E-state index in [4.69, 9.17) is 4.74 Å². The SMILES string of the molecule is Cc1c(OC2CCNCC2)ccc2cnccc12. The third-order valence-electron chi connectivity index (χ3n) is 3.62. The van der Waals surface area contributed by atoms with E-state index in [1.807, 2.05) is 12.4 Å². The van der Waals surface area contributed by atoms with Crippen molar-refractivity contribution in [3.63, 3.8) is 0 Å². The number of ether oxygens (including phenoxy) is 1. The number of aromatic nitrogens is 1. The maximum absolute atomic E-state index is 6.13. The van der Waals surface area contributed by atoms with Crippen LogP contribution in [0.15, 0.2) is 30.6 Å². The van der Waals surface area contributed by atoms with Gasteiger partial charge in [-0.2, -0.15) is 0 Å². The molecule has 1 aromatic heterocycles. The Hall–Kier alpha value is -1.61. The van der Waals surface area contributed by atoms with E-state index in [9.17, 15) is 0 Å². The standard InChI is InChI=1S/C15H18N2O/c1-11-14-6-9-17-10-12(14)2-3-15(11)18-13-4-7-16-8-5-13/h2-3,6,9-10,13,16H,4-5,7-8H2,1H3. The molecule has 2 heterocycles. The van der Waals surface area contributed by atoms with Crippen molar-refractivity contribution < 1.29 is 4.74 Å². The van der Waals surface area contributed by atoms with Gasteiger partial charge in [0.2, 0.25) is 0 Å². The van der Waals surface area contributed by atoms with Crippen LogP contribution < -0.4 is 10.1 Å². The van der Waals surface area contributed by atoms with E-state index >= 15 is 0 Å². The highest BCUT2D eigenvalue weighted by Crippen LogP contribution is 2.28. The van der Waals surface area contributed by atoms with Crippen molar-refractivity contribution in [2.75, 3.05) is 13.1 Å². The van der Waals surface area contributed by atoms with Crippen molar-refractivity contribution in [1.29, 1.82) is 0 Å². The number of nitrogens with one attached hydrogen (secondary N) is 1. The van der Waals surface area contributed by atoms with E-state index in [1.165, 1.54) is 16.3 Å². The quantitative estimate of drug-likeness (QED) is 0.879. The fourth-order valence-electron chi connectivity index (χ4n) is 2.52. The minimum atomic E-state index is 0.351. The van der Waals surface area contributed by atoms with Gasteiger partial charge < -0.3 is 10.1 Å². The summed E-state index contributed by atoms with van der Waals surface area (Å²) in [5, 5.41) is 5.76. The molecule has 1 fully saturated rings. The topological polar surface area (TPSA) is 34.1 Å². The first-order chi connectivity index (χ1) is 8.84. The molecule has 1 N–H and O–H groups in total. The summed E-state index contributed by atoms with van der Waals surface area (Å²) < 4.78 is 6.13. The molecule has 2 aromatic rings. The highest BCUT2D eigenvalue weighted by molar-refractivity contribution is 5.86. The summed E-state index contributed by atoms with van der Waals surface area (Å²) in [4.78, 5) is 4.15. The third-order valence-corrected chi connectivity index (χ3v) is 3.62. The minimum Gasteiger partial charge on any atom is -0.490 e. The van der Waals surface area contributed by atoms with Gasteiger partial charge in [0.25, 0.3) is 0 Å².